The van der Waals surface area contributed by atoms with E-state index in [9.17, 15) is 8.42 Å². The van der Waals surface area contributed by atoms with Gasteiger partial charge in [0.2, 0.25) is 10.0 Å². The molecule has 3 aromatic rings. The van der Waals surface area contributed by atoms with Crippen LogP contribution in [0.1, 0.15) is 25.5 Å². The van der Waals surface area contributed by atoms with Crippen LogP contribution in [0.3, 0.4) is 0 Å². The Kier molecular flexibility index (Phi) is 6.55. The molecule has 4 rings (SSSR count). The van der Waals surface area contributed by atoms with Crippen LogP contribution in [-0.2, 0) is 17.1 Å². The molecule has 1 aliphatic heterocycles. The Morgan fingerprint density at radius 1 is 1.32 bits per heavy atom. The van der Waals surface area contributed by atoms with Crippen LogP contribution in [-0.4, -0.2) is 48.5 Å². The maximum Gasteiger partial charge on any atom is 0.242 e. The van der Waals surface area contributed by atoms with Gasteiger partial charge >= 0.3 is 0 Å². The monoisotopic (exact) mass is 478 g/mol. The third-order valence-corrected chi connectivity index (χ3v) is 8.68. The molecule has 1 fully saturated rings. The smallest absolute Gasteiger partial charge is 0.242 e. The van der Waals surface area contributed by atoms with E-state index in [4.69, 9.17) is 16.6 Å². The van der Waals surface area contributed by atoms with Crippen molar-refractivity contribution in [1.29, 1.82) is 0 Å². The van der Waals surface area contributed by atoms with Crippen molar-refractivity contribution in [2.75, 3.05) is 19.6 Å². The Hall–Kier alpha value is -1.71. The molecule has 0 aliphatic carbocycles. The van der Waals surface area contributed by atoms with E-state index >= 15 is 0 Å². The molecule has 0 saturated carbocycles. The standard InChI is InChI=1S/C22H27ClN4O2S2/c1-4-27-10-6-9-18(27)13-24-31(28,29)21-12-20(26(3)15(21)2)22-25-19(14-30-22)16-7-5-8-17(23)11-16/h5,7-8,11-12,14,18,24H,4,6,9-10,13H2,1-3H3/t18-/m0/s1. The summed E-state index contributed by atoms with van der Waals surface area (Å²) in [6, 6.07) is 9.55. The van der Waals surface area contributed by atoms with Gasteiger partial charge < -0.3 is 4.57 Å². The Bertz CT molecular complexity index is 1190. The summed E-state index contributed by atoms with van der Waals surface area (Å²) in [6.45, 7) is 6.37. The van der Waals surface area contributed by atoms with Crippen molar-refractivity contribution in [3.8, 4) is 22.0 Å². The van der Waals surface area contributed by atoms with Gasteiger partial charge in [-0.3, -0.25) is 4.90 Å². The predicted molar refractivity (Wildman–Crippen MR) is 127 cm³/mol. The van der Waals surface area contributed by atoms with Gasteiger partial charge in [0.05, 0.1) is 11.4 Å². The summed E-state index contributed by atoms with van der Waals surface area (Å²) in [5.74, 6) is 0. The lowest BCUT2D eigenvalue weighted by Crippen LogP contribution is -2.40. The number of thiazole rings is 1. The molecule has 1 N–H and O–H groups in total. The third-order valence-electron chi connectivity index (χ3n) is 6.04. The first-order chi connectivity index (χ1) is 14.8. The second-order valence-corrected chi connectivity index (χ2v) is 10.9. The molecule has 0 radical (unpaired) electrons. The molecule has 1 aliphatic rings. The van der Waals surface area contributed by atoms with Crippen molar-refractivity contribution in [2.24, 2.45) is 7.05 Å². The van der Waals surface area contributed by atoms with Gasteiger partial charge in [0, 0.05) is 41.3 Å². The van der Waals surface area contributed by atoms with Crippen LogP contribution in [0.4, 0.5) is 0 Å². The van der Waals surface area contributed by atoms with Crippen LogP contribution in [0, 0.1) is 6.92 Å². The molecule has 0 unspecified atom stereocenters. The SMILES string of the molecule is CCN1CCC[C@H]1CNS(=O)(=O)c1cc(-c2nc(-c3cccc(Cl)c3)cs2)n(C)c1C. The highest BCUT2D eigenvalue weighted by Gasteiger charge is 2.27. The molecule has 9 heteroatoms. The molecule has 0 spiro atoms. The number of likely N-dealkylation sites (N-methyl/N-ethyl adjacent to an activating group) is 1. The molecule has 6 nitrogen and oxygen atoms in total. The number of aromatic nitrogens is 2. The van der Waals surface area contributed by atoms with E-state index in [1.54, 1.807) is 6.07 Å². The first kappa shape index (κ1) is 22.5. The minimum Gasteiger partial charge on any atom is -0.345 e. The van der Waals surface area contributed by atoms with Crippen LogP contribution >= 0.6 is 22.9 Å². The predicted octanol–water partition coefficient (Wildman–Crippen LogP) is 4.54. The summed E-state index contributed by atoms with van der Waals surface area (Å²) >= 11 is 7.60. The van der Waals surface area contributed by atoms with Gasteiger partial charge in [-0.2, -0.15) is 0 Å². The number of halogens is 1. The zero-order chi connectivity index (χ0) is 22.2. The number of nitrogens with one attached hydrogen (secondary N) is 1. The maximum absolute atomic E-state index is 13.1. The Morgan fingerprint density at radius 3 is 2.87 bits per heavy atom. The normalized spacial score (nSPS) is 17.5. The lowest BCUT2D eigenvalue weighted by atomic mass is 10.2. The number of likely N-dealkylation sites (tertiary alicyclic amines) is 1. The summed E-state index contributed by atoms with van der Waals surface area (Å²) in [5.41, 5.74) is 3.24. The van der Waals surface area contributed by atoms with E-state index < -0.39 is 10.0 Å². The summed E-state index contributed by atoms with van der Waals surface area (Å²) in [6.07, 6.45) is 2.15. The lowest BCUT2D eigenvalue weighted by molar-refractivity contribution is 0.268. The fourth-order valence-electron chi connectivity index (χ4n) is 4.15. The van der Waals surface area contributed by atoms with Gasteiger partial charge in [-0.1, -0.05) is 30.7 Å². The maximum atomic E-state index is 13.1. The Labute approximate surface area is 192 Å². The Morgan fingerprint density at radius 2 is 2.13 bits per heavy atom. The molecule has 1 saturated heterocycles. The fraction of sp³-hybridized carbons (Fsp3) is 0.409. The van der Waals surface area contributed by atoms with Gasteiger partial charge in [-0.05, 0) is 51.1 Å². The molecule has 31 heavy (non-hydrogen) atoms. The zero-order valence-corrected chi connectivity index (χ0v) is 20.3. The molecule has 0 bridgehead atoms. The van der Waals surface area contributed by atoms with Crippen molar-refractivity contribution in [1.82, 2.24) is 19.2 Å². The second kappa shape index (κ2) is 9.03. The number of hydrogen-bond donors (Lipinski definition) is 1. The van der Waals surface area contributed by atoms with E-state index in [0.29, 0.717) is 22.2 Å². The van der Waals surface area contributed by atoms with Crippen molar-refractivity contribution in [2.45, 2.75) is 37.6 Å². The van der Waals surface area contributed by atoms with Crippen LogP contribution in [0.2, 0.25) is 5.02 Å². The average Bonchev–Trinajstić information content (AvgIpc) is 3.46. The summed E-state index contributed by atoms with van der Waals surface area (Å²) in [4.78, 5) is 7.38. The Balaban J connectivity index is 1.58. The van der Waals surface area contributed by atoms with Crippen LogP contribution in [0.15, 0.2) is 40.6 Å². The molecule has 1 atom stereocenters. The van der Waals surface area contributed by atoms with E-state index in [2.05, 4.69) is 16.5 Å². The van der Waals surface area contributed by atoms with Crippen molar-refractivity contribution >= 4 is 33.0 Å². The number of benzene rings is 1. The molecular formula is C22H27ClN4O2S2. The molecule has 2 aromatic heterocycles. The number of rotatable bonds is 7. The summed E-state index contributed by atoms with van der Waals surface area (Å²) < 4.78 is 30.9. The van der Waals surface area contributed by atoms with E-state index in [0.717, 1.165) is 47.9 Å². The van der Waals surface area contributed by atoms with Crippen molar-refractivity contribution < 1.29 is 8.42 Å². The number of sulfonamides is 1. The highest BCUT2D eigenvalue weighted by molar-refractivity contribution is 7.89. The fourth-order valence-corrected chi connectivity index (χ4v) is 6.58. The quantitative estimate of drug-likeness (QED) is 0.541. The average molecular weight is 479 g/mol. The van der Waals surface area contributed by atoms with Crippen LogP contribution in [0.5, 0.6) is 0 Å². The highest BCUT2D eigenvalue weighted by atomic mass is 35.5. The van der Waals surface area contributed by atoms with Gasteiger partial charge in [0.15, 0.2) is 0 Å². The first-order valence-electron chi connectivity index (χ1n) is 10.4. The molecule has 1 aromatic carbocycles. The lowest BCUT2D eigenvalue weighted by Gasteiger charge is -2.22. The largest absolute Gasteiger partial charge is 0.345 e. The zero-order valence-electron chi connectivity index (χ0n) is 17.9. The van der Waals surface area contributed by atoms with E-state index in [1.807, 2.05) is 48.2 Å². The topological polar surface area (TPSA) is 67.2 Å². The highest BCUT2D eigenvalue weighted by Crippen LogP contribution is 2.33. The third kappa shape index (κ3) is 4.59. The van der Waals surface area contributed by atoms with Crippen LogP contribution in [0.25, 0.3) is 22.0 Å². The summed E-state index contributed by atoms with van der Waals surface area (Å²) in [5, 5.41) is 3.40. The van der Waals surface area contributed by atoms with Gasteiger partial charge in [-0.15, -0.1) is 11.3 Å². The van der Waals surface area contributed by atoms with E-state index in [1.165, 1.54) is 11.3 Å². The first-order valence-corrected chi connectivity index (χ1v) is 13.2. The molecule has 166 valence electrons. The molecule has 0 amide bonds. The van der Waals surface area contributed by atoms with Crippen molar-refractivity contribution in [3.63, 3.8) is 0 Å². The minimum atomic E-state index is -3.61. The number of nitrogens with zero attached hydrogens (tertiary/aromatic N) is 3. The minimum absolute atomic E-state index is 0.266. The van der Waals surface area contributed by atoms with E-state index in [-0.39, 0.29) is 6.04 Å². The number of hydrogen-bond acceptors (Lipinski definition) is 5. The van der Waals surface area contributed by atoms with Crippen LogP contribution < -0.4 is 4.72 Å². The van der Waals surface area contributed by atoms with Crippen molar-refractivity contribution in [3.05, 3.63) is 46.4 Å². The summed E-state index contributed by atoms with van der Waals surface area (Å²) in [7, 11) is -1.73. The molecule has 3 heterocycles. The van der Waals surface area contributed by atoms with Gasteiger partial charge in [-0.25, -0.2) is 18.1 Å². The van der Waals surface area contributed by atoms with Gasteiger partial charge in [0.1, 0.15) is 9.90 Å². The second-order valence-electron chi connectivity index (χ2n) is 7.86. The molecular weight excluding hydrogens is 452 g/mol. The van der Waals surface area contributed by atoms with Gasteiger partial charge in [0.25, 0.3) is 0 Å².